The van der Waals surface area contributed by atoms with Crippen molar-refractivity contribution in [2.75, 3.05) is 25.5 Å². The third-order valence-electron chi connectivity index (χ3n) is 6.19. The molecule has 170 valence electrons. The minimum absolute atomic E-state index is 0.785. The zero-order valence-corrected chi connectivity index (χ0v) is 20.3. The maximum Gasteiger partial charge on any atom is 0.130 e. The van der Waals surface area contributed by atoms with E-state index in [0.29, 0.717) is 0 Å². The van der Waals surface area contributed by atoms with E-state index in [1.54, 1.807) is 18.8 Å². The molecule has 3 aromatic rings. The van der Waals surface area contributed by atoms with Gasteiger partial charge in [0.15, 0.2) is 0 Å². The number of rotatable bonds is 7. The van der Waals surface area contributed by atoms with Gasteiger partial charge in [0, 0.05) is 29.2 Å². The average molecular weight is 457 g/mol. The van der Waals surface area contributed by atoms with Gasteiger partial charge in [-0.1, -0.05) is 61.3 Å². The summed E-state index contributed by atoms with van der Waals surface area (Å²) in [5.41, 5.74) is 4.42. The topological polar surface area (TPSA) is 49.3 Å². The molecule has 0 spiro atoms. The number of nitrogens with one attached hydrogen (secondary N) is 2. The first-order valence-electron chi connectivity index (χ1n) is 11.5. The molecule has 1 aliphatic rings. The second-order valence-corrected chi connectivity index (χ2v) is 9.89. The van der Waals surface area contributed by atoms with Crippen molar-refractivity contribution in [2.24, 2.45) is 10.9 Å². The summed E-state index contributed by atoms with van der Waals surface area (Å²) in [6.45, 7) is 12.7. The predicted molar refractivity (Wildman–Crippen MR) is 146 cm³/mol. The monoisotopic (exact) mass is 456 g/mol. The Balaban J connectivity index is 1.44. The van der Waals surface area contributed by atoms with Crippen LogP contribution in [0.3, 0.4) is 0 Å². The summed E-state index contributed by atoms with van der Waals surface area (Å²) in [6, 6.07) is 17.2. The summed E-state index contributed by atoms with van der Waals surface area (Å²) < 4.78 is 0. The molecule has 4 rings (SSSR count). The minimum atomic E-state index is 0.785. The molecule has 0 saturated carbocycles. The van der Waals surface area contributed by atoms with Gasteiger partial charge < -0.3 is 10.6 Å². The van der Waals surface area contributed by atoms with Crippen molar-refractivity contribution in [1.82, 2.24) is 10.3 Å². The molecule has 0 unspecified atom stereocenters. The van der Waals surface area contributed by atoms with Crippen LogP contribution in [0, 0.1) is 5.92 Å². The number of piperidine rings is 1. The van der Waals surface area contributed by atoms with Gasteiger partial charge in [-0.15, -0.1) is 0 Å². The molecule has 0 atom stereocenters. The molecule has 1 aliphatic heterocycles. The molecule has 33 heavy (non-hydrogen) atoms. The van der Waals surface area contributed by atoms with Crippen LogP contribution in [0.1, 0.15) is 36.5 Å². The molecule has 2 N–H and O–H groups in total. The fourth-order valence-electron chi connectivity index (χ4n) is 4.15. The molecule has 0 bridgehead atoms. The maximum atomic E-state index is 4.58. The Bertz CT molecular complexity index is 1170. The summed E-state index contributed by atoms with van der Waals surface area (Å²) in [7, 11) is 1.80. The Labute approximate surface area is 201 Å². The highest BCUT2D eigenvalue weighted by molar-refractivity contribution is 8.21. The fourth-order valence-corrected chi connectivity index (χ4v) is 4.85. The molecule has 1 saturated heterocycles. The minimum Gasteiger partial charge on any atom is -0.340 e. The van der Waals surface area contributed by atoms with Crippen molar-refractivity contribution in [1.29, 1.82) is 0 Å². The standard InChI is InChI=1S/C28H32N4S/c1-19(24-7-5-22(6-8-24)15-23-11-13-30-14-12-23)32-28-17-27-16-25(9-10-26(27)18-31-28)20(2)33-21(3)29-4/h5-10,16-18,23,30H,1-2,11-15H2,3-4H3,(H,31,32). The van der Waals surface area contributed by atoms with Gasteiger partial charge in [0.05, 0.1) is 5.04 Å². The smallest absolute Gasteiger partial charge is 0.130 e. The second kappa shape index (κ2) is 10.8. The van der Waals surface area contributed by atoms with Crippen LogP contribution in [-0.2, 0) is 6.42 Å². The number of aromatic nitrogens is 1. The number of nitrogens with zero attached hydrogens (tertiary/aromatic N) is 2. The lowest BCUT2D eigenvalue weighted by Gasteiger charge is -2.22. The Morgan fingerprint density at radius 3 is 2.52 bits per heavy atom. The Morgan fingerprint density at radius 1 is 1.06 bits per heavy atom. The number of fused-ring (bicyclic) bond motifs is 1. The molecule has 2 heterocycles. The van der Waals surface area contributed by atoms with Crippen LogP contribution >= 0.6 is 11.8 Å². The van der Waals surface area contributed by atoms with E-state index in [9.17, 15) is 0 Å². The molecule has 0 aliphatic carbocycles. The molecule has 1 fully saturated rings. The number of pyridine rings is 1. The lowest BCUT2D eigenvalue weighted by molar-refractivity contribution is 0.372. The zero-order valence-electron chi connectivity index (χ0n) is 19.5. The lowest BCUT2D eigenvalue weighted by Crippen LogP contribution is -2.28. The zero-order chi connectivity index (χ0) is 23.2. The van der Waals surface area contributed by atoms with Crippen LogP contribution in [0.5, 0.6) is 0 Å². The first-order valence-corrected chi connectivity index (χ1v) is 12.3. The highest BCUT2D eigenvalue weighted by Gasteiger charge is 2.13. The van der Waals surface area contributed by atoms with Crippen LogP contribution in [0.2, 0.25) is 0 Å². The van der Waals surface area contributed by atoms with Crippen LogP contribution in [0.15, 0.2) is 72.9 Å². The quantitative estimate of drug-likeness (QED) is 0.310. The van der Waals surface area contributed by atoms with Crippen LogP contribution in [0.4, 0.5) is 5.82 Å². The SMILES string of the molecule is C=C(Nc1cc2cc(C(=C)SC(C)=NC)ccc2cn1)c1ccc(CC2CCNCC2)cc1. The van der Waals surface area contributed by atoms with Gasteiger partial charge in [-0.05, 0) is 79.4 Å². The molecule has 5 heteroatoms. The summed E-state index contributed by atoms with van der Waals surface area (Å²) in [5.74, 6) is 1.57. The van der Waals surface area contributed by atoms with Crippen molar-refractivity contribution < 1.29 is 0 Å². The van der Waals surface area contributed by atoms with Crippen LogP contribution in [-0.4, -0.2) is 30.2 Å². The van der Waals surface area contributed by atoms with Gasteiger partial charge in [-0.2, -0.15) is 0 Å². The van der Waals surface area contributed by atoms with Gasteiger partial charge in [0.25, 0.3) is 0 Å². The third kappa shape index (κ3) is 6.12. The first kappa shape index (κ1) is 23.3. The largest absolute Gasteiger partial charge is 0.340 e. The number of anilines is 1. The van der Waals surface area contributed by atoms with Crippen molar-refractivity contribution in [3.05, 3.63) is 84.6 Å². The van der Waals surface area contributed by atoms with Gasteiger partial charge in [-0.3, -0.25) is 4.99 Å². The van der Waals surface area contributed by atoms with Crippen molar-refractivity contribution in [2.45, 2.75) is 26.2 Å². The van der Waals surface area contributed by atoms with Crippen LogP contribution in [0.25, 0.3) is 21.4 Å². The molecular formula is C28H32N4S. The highest BCUT2D eigenvalue weighted by atomic mass is 32.2. The summed E-state index contributed by atoms with van der Waals surface area (Å²) in [5, 5.41) is 10.0. The first-order chi connectivity index (χ1) is 16.0. The van der Waals surface area contributed by atoms with E-state index in [0.717, 1.165) is 68.8 Å². The molecule has 0 amide bonds. The number of hydrogen-bond acceptors (Lipinski definition) is 5. The van der Waals surface area contributed by atoms with E-state index in [1.165, 1.54) is 18.4 Å². The number of aliphatic imine (C=N–C) groups is 1. The molecule has 0 radical (unpaired) electrons. The highest BCUT2D eigenvalue weighted by Crippen LogP contribution is 2.30. The average Bonchev–Trinajstić information content (AvgIpc) is 2.84. The normalized spacial score (nSPS) is 14.9. The van der Waals surface area contributed by atoms with Crippen molar-refractivity contribution in [3.8, 4) is 0 Å². The van der Waals surface area contributed by atoms with Gasteiger partial charge in [-0.25, -0.2) is 4.98 Å². The van der Waals surface area contributed by atoms with Crippen molar-refractivity contribution in [3.63, 3.8) is 0 Å². The van der Waals surface area contributed by atoms with E-state index >= 15 is 0 Å². The van der Waals surface area contributed by atoms with E-state index in [1.807, 2.05) is 13.1 Å². The van der Waals surface area contributed by atoms with Gasteiger partial charge in [0.1, 0.15) is 5.82 Å². The summed E-state index contributed by atoms with van der Waals surface area (Å²) in [6.07, 6.45) is 5.58. The van der Waals surface area contributed by atoms with E-state index in [2.05, 4.69) is 82.3 Å². The number of hydrogen-bond donors (Lipinski definition) is 2. The Kier molecular flexibility index (Phi) is 7.63. The molecule has 4 nitrogen and oxygen atoms in total. The Hall–Kier alpha value is -2.89. The van der Waals surface area contributed by atoms with E-state index in [4.69, 9.17) is 0 Å². The maximum absolute atomic E-state index is 4.58. The molecule has 2 aromatic carbocycles. The number of thioether (sulfide) groups is 1. The summed E-state index contributed by atoms with van der Waals surface area (Å²) >= 11 is 1.59. The van der Waals surface area contributed by atoms with Crippen LogP contribution < -0.4 is 10.6 Å². The third-order valence-corrected chi connectivity index (χ3v) is 7.15. The summed E-state index contributed by atoms with van der Waals surface area (Å²) in [4.78, 5) is 9.78. The van der Waals surface area contributed by atoms with Crippen molar-refractivity contribution >= 4 is 44.0 Å². The lowest BCUT2D eigenvalue weighted by atomic mass is 9.90. The van der Waals surface area contributed by atoms with E-state index in [-0.39, 0.29) is 0 Å². The number of benzene rings is 2. The Morgan fingerprint density at radius 2 is 1.79 bits per heavy atom. The second-order valence-electron chi connectivity index (χ2n) is 8.60. The fraction of sp³-hybridized carbons (Fsp3) is 0.286. The van der Waals surface area contributed by atoms with E-state index < -0.39 is 0 Å². The van der Waals surface area contributed by atoms with Gasteiger partial charge >= 0.3 is 0 Å². The molecular weight excluding hydrogens is 424 g/mol. The predicted octanol–water partition coefficient (Wildman–Crippen LogP) is 6.61. The molecule has 1 aromatic heterocycles. The van der Waals surface area contributed by atoms with Gasteiger partial charge in [0.2, 0.25) is 0 Å².